The number of carbonyl (C=O) groups excluding carboxylic acids is 1. The van der Waals surface area contributed by atoms with Crippen molar-refractivity contribution in [2.75, 3.05) is 5.73 Å². The van der Waals surface area contributed by atoms with Crippen LogP contribution in [0.4, 0.5) is 5.82 Å². The van der Waals surface area contributed by atoms with Crippen LogP contribution in [0.15, 0.2) is 12.3 Å². The van der Waals surface area contributed by atoms with E-state index in [4.69, 9.17) is 23.1 Å². The van der Waals surface area contributed by atoms with Gasteiger partial charge in [-0.15, -0.1) is 0 Å². The molecule has 0 saturated carbocycles. The Balaban J connectivity index is 3.04. The molecular weight excluding hydrogens is 222 g/mol. The number of rotatable bonds is 3. The quantitative estimate of drug-likeness (QED) is 0.542. The molecular formula is C8H10ClN3O3. The summed E-state index contributed by atoms with van der Waals surface area (Å²) < 4.78 is 0. The van der Waals surface area contributed by atoms with Gasteiger partial charge in [-0.25, -0.2) is 4.98 Å². The van der Waals surface area contributed by atoms with Gasteiger partial charge in [-0.3, -0.25) is 4.79 Å². The van der Waals surface area contributed by atoms with Gasteiger partial charge in [0.05, 0.1) is 5.02 Å². The molecule has 0 aliphatic rings. The second kappa shape index (κ2) is 4.43. The number of halogens is 1. The van der Waals surface area contributed by atoms with Gasteiger partial charge in [-0.05, 0) is 6.07 Å². The summed E-state index contributed by atoms with van der Waals surface area (Å²) in [5.74, 6) is -1.07. The molecule has 0 radical (unpaired) electrons. The molecule has 0 spiro atoms. The van der Waals surface area contributed by atoms with Crippen LogP contribution in [-0.4, -0.2) is 27.2 Å². The van der Waals surface area contributed by atoms with Crippen LogP contribution in [0.3, 0.4) is 0 Å². The van der Waals surface area contributed by atoms with E-state index in [0.29, 0.717) is 0 Å². The highest BCUT2D eigenvalue weighted by atomic mass is 35.5. The van der Waals surface area contributed by atoms with Gasteiger partial charge in [0.15, 0.2) is 6.10 Å². The van der Waals surface area contributed by atoms with E-state index in [0.717, 1.165) is 0 Å². The second-order valence-corrected chi connectivity index (χ2v) is 3.36. The van der Waals surface area contributed by atoms with Gasteiger partial charge in [0.2, 0.25) is 5.91 Å². The number of nitrogens with two attached hydrogens (primary N) is 2. The zero-order valence-corrected chi connectivity index (χ0v) is 8.35. The molecule has 6 nitrogen and oxygen atoms in total. The van der Waals surface area contributed by atoms with E-state index in [9.17, 15) is 15.0 Å². The first-order valence-electron chi connectivity index (χ1n) is 4.00. The monoisotopic (exact) mass is 231 g/mol. The van der Waals surface area contributed by atoms with Crippen LogP contribution in [0.5, 0.6) is 0 Å². The Labute approximate surface area is 90.5 Å². The van der Waals surface area contributed by atoms with Gasteiger partial charge in [-0.1, -0.05) is 11.6 Å². The lowest BCUT2D eigenvalue weighted by Gasteiger charge is -2.16. The molecule has 0 aromatic carbocycles. The van der Waals surface area contributed by atoms with Gasteiger partial charge in [0.25, 0.3) is 0 Å². The Kier molecular flexibility index (Phi) is 3.46. The van der Waals surface area contributed by atoms with Gasteiger partial charge in [-0.2, -0.15) is 0 Å². The van der Waals surface area contributed by atoms with Crippen molar-refractivity contribution < 1.29 is 15.0 Å². The third kappa shape index (κ3) is 2.56. The topological polar surface area (TPSA) is 122 Å². The summed E-state index contributed by atoms with van der Waals surface area (Å²) in [6.07, 6.45) is -2.00. The molecule has 82 valence electrons. The van der Waals surface area contributed by atoms with Crippen molar-refractivity contribution in [3.8, 4) is 0 Å². The smallest absolute Gasteiger partial charge is 0.249 e. The third-order valence-electron chi connectivity index (χ3n) is 1.83. The number of nitrogen functional groups attached to an aromatic ring is 1. The standard InChI is InChI=1S/C8H10ClN3O3/c9-3-1-4(7(10)12-2-3)5(13)6(14)8(11)15/h1-2,5-6,13-14H,(H2,10,12)(H2,11,15). The average Bonchev–Trinajstić information content (AvgIpc) is 2.19. The van der Waals surface area contributed by atoms with Crippen LogP contribution < -0.4 is 11.5 Å². The van der Waals surface area contributed by atoms with Gasteiger partial charge >= 0.3 is 0 Å². The molecule has 1 rings (SSSR count). The number of aliphatic hydroxyl groups is 2. The fourth-order valence-electron chi connectivity index (χ4n) is 1.03. The third-order valence-corrected chi connectivity index (χ3v) is 2.03. The minimum atomic E-state index is -1.74. The Morgan fingerprint density at radius 1 is 1.53 bits per heavy atom. The average molecular weight is 232 g/mol. The summed E-state index contributed by atoms with van der Waals surface area (Å²) in [5.41, 5.74) is 10.3. The first-order valence-corrected chi connectivity index (χ1v) is 4.37. The number of aliphatic hydroxyl groups excluding tert-OH is 2. The fraction of sp³-hybridized carbons (Fsp3) is 0.250. The van der Waals surface area contributed by atoms with E-state index >= 15 is 0 Å². The zero-order valence-electron chi connectivity index (χ0n) is 7.59. The summed E-state index contributed by atoms with van der Waals surface area (Å²) in [6.45, 7) is 0. The molecule has 2 unspecified atom stereocenters. The largest absolute Gasteiger partial charge is 0.385 e. The number of pyridine rings is 1. The number of amides is 1. The maximum atomic E-state index is 10.6. The lowest BCUT2D eigenvalue weighted by Crippen LogP contribution is -2.34. The SMILES string of the molecule is NC(=O)C(O)C(O)c1cc(Cl)cnc1N. The van der Waals surface area contributed by atoms with Crippen molar-refractivity contribution in [1.82, 2.24) is 4.98 Å². The van der Waals surface area contributed by atoms with Crippen LogP contribution >= 0.6 is 11.6 Å². The molecule has 1 amide bonds. The van der Waals surface area contributed by atoms with Crippen molar-refractivity contribution in [3.05, 3.63) is 22.8 Å². The number of primary amides is 1. The number of nitrogens with zero attached hydrogens (tertiary/aromatic N) is 1. The normalized spacial score (nSPS) is 14.6. The van der Waals surface area contributed by atoms with Crippen molar-refractivity contribution in [3.63, 3.8) is 0 Å². The molecule has 1 aromatic heterocycles. The number of hydrogen-bond acceptors (Lipinski definition) is 5. The highest BCUT2D eigenvalue weighted by Crippen LogP contribution is 2.24. The second-order valence-electron chi connectivity index (χ2n) is 2.92. The van der Waals surface area contributed by atoms with Gasteiger partial charge in [0, 0.05) is 11.8 Å². The first-order chi connectivity index (χ1) is 6.93. The Bertz CT molecular complexity index is 385. The van der Waals surface area contributed by atoms with Crippen LogP contribution in [0.1, 0.15) is 11.7 Å². The predicted molar refractivity (Wildman–Crippen MR) is 53.8 cm³/mol. The molecule has 1 aromatic rings. The van der Waals surface area contributed by atoms with E-state index in [1.54, 1.807) is 0 Å². The number of aromatic nitrogens is 1. The lowest BCUT2D eigenvalue weighted by atomic mass is 10.1. The van der Waals surface area contributed by atoms with Crippen LogP contribution in [0, 0.1) is 0 Å². The Hall–Kier alpha value is -1.37. The summed E-state index contributed by atoms with van der Waals surface area (Å²) in [4.78, 5) is 14.3. The van der Waals surface area contributed by atoms with Crippen molar-refractivity contribution in [2.24, 2.45) is 5.73 Å². The minimum absolute atomic E-state index is 0.0211. The molecule has 2 atom stereocenters. The fourth-order valence-corrected chi connectivity index (χ4v) is 1.19. The van der Waals surface area contributed by atoms with Gasteiger partial charge in [0.1, 0.15) is 11.9 Å². The van der Waals surface area contributed by atoms with Crippen LogP contribution in [0.2, 0.25) is 5.02 Å². The van der Waals surface area contributed by atoms with Gasteiger partial charge < -0.3 is 21.7 Å². The molecule has 15 heavy (non-hydrogen) atoms. The Morgan fingerprint density at radius 2 is 2.13 bits per heavy atom. The minimum Gasteiger partial charge on any atom is -0.385 e. The predicted octanol–water partition coefficient (Wildman–Crippen LogP) is -0.803. The van der Waals surface area contributed by atoms with E-state index in [2.05, 4.69) is 4.98 Å². The van der Waals surface area contributed by atoms with Crippen LogP contribution in [-0.2, 0) is 4.79 Å². The molecule has 6 N–H and O–H groups in total. The Morgan fingerprint density at radius 3 is 2.67 bits per heavy atom. The number of carbonyl (C=O) groups is 1. The molecule has 7 heteroatoms. The summed E-state index contributed by atoms with van der Waals surface area (Å²) in [5, 5.41) is 19.0. The lowest BCUT2D eigenvalue weighted by molar-refractivity contribution is -0.131. The van der Waals surface area contributed by atoms with Crippen molar-refractivity contribution in [2.45, 2.75) is 12.2 Å². The summed E-state index contributed by atoms with van der Waals surface area (Å²) >= 11 is 5.62. The number of hydrogen-bond donors (Lipinski definition) is 4. The summed E-state index contributed by atoms with van der Waals surface area (Å²) in [6, 6.07) is 1.31. The van der Waals surface area contributed by atoms with E-state index in [-0.39, 0.29) is 16.4 Å². The zero-order chi connectivity index (χ0) is 11.6. The maximum absolute atomic E-state index is 10.6. The highest BCUT2D eigenvalue weighted by molar-refractivity contribution is 6.30. The number of anilines is 1. The first kappa shape index (κ1) is 11.7. The maximum Gasteiger partial charge on any atom is 0.249 e. The van der Waals surface area contributed by atoms with E-state index < -0.39 is 18.1 Å². The molecule has 0 bridgehead atoms. The summed E-state index contributed by atoms with van der Waals surface area (Å²) in [7, 11) is 0. The molecule has 0 aliphatic carbocycles. The molecule has 1 heterocycles. The van der Waals surface area contributed by atoms with Crippen molar-refractivity contribution in [1.29, 1.82) is 0 Å². The highest BCUT2D eigenvalue weighted by Gasteiger charge is 2.25. The van der Waals surface area contributed by atoms with E-state index in [1.165, 1.54) is 12.3 Å². The molecule has 0 saturated heterocycles. The van der Waals surface area contributed by atoms with E-state index in [1.807, 2.05) is 0 Å². The molecule has 0 fully saturated rings. The van der Waals surface area contributed by atoms with Crippen molar-refractivity contribution >= 4 is 23.3 Å². The molecule has 0 aliphatic heterocycles. The van der Waals surface area contributed by atoms with Crippen LogP contribution in [0.25, 0.3) is 0 Å².